The van der Waals surface area contributed by atoms with E-state index in [-0.39, 0.29) is 0 Å². The van der Waals surface area contributed by atoms with Gasteiger partial charge in [-0.3, -0.25) is 0 Å². The summed E-state index contributed by atoms with van der Waals surface area (Å²) >= 11 is 3.61. The fraction of sp³-hybridized carbons (Fsp3) is 0.294. The Morgan fingerprint density at radius 1 is 0.955 bits per heavy atom. The summed E-state index contributed by atoms with van der Waals surface area (Å²) in [5.74, 6) is 0.896. The Balaban J connectivity index is 1.66. The Bertz CT molecular complexity index is 637. The first-order valence-corrected chi connectivity index (χ1v) is 8.15. The van der Waals surface area contributed by atoms with Crippen molar-refractivity contribution in [3.05, 3.63) is 46.9 Å². The number of nitrogens with zero attached hydrogens (tertiary/aromatic N) is 2. The minimum Gasteiger partial charge on any atom is -0.497 e. The monoisotopic (exact) mass is 361 g/mol. The Labute approximate surface area is 139 Å². The summed E-state index contributed by atoms with van der Waals surface area (Å²) in [6.07, 6.45) is 0. The van der Waals surface area contributed by atoms with Gasteiger partial charge in [0.1, 0.15) is 5.75 Å². The van der Waals surface area contributed by atoms with E-state index in [1.807, 2.05) is 24.3 Å². The molecular formula is C17H20BrN3O. The predicted molar refractivity (Wildman–Crippen MR) is 96.0 cm³/mol. The van der Waals surface area contributed by atoms with Crippen molar-refractivity contribution in [1.82, 2.24) is 0 Å². The number of hydrogen-bond acceptors (Lipinski definition) is 4. The number of piperazine rings is 1. The summed E-state index contributed by atoms with van der Waals surface area (Å²) in [4.78, 5) is 4.80. The van der Waals surface area contributed by atoms with Crippen LogP contribution in [-0.4, -0.2) is 33.3 Å². The maximum atomic E-state index is 5.81. The second-order valence-corrected chi connectivity index (χ2v) is 6.24. The van der Waals surface area contributed by atoms with Crippen LogP contribution in [0.25, 0.3) is 0 Å². The molecular weight excluding hydrogens is 342 g/mol. The number of rotatable bonds is 3. The second-order valence-electron chi connectivity index (χ2n) is 5.38. The van der Waals surface area contributed by atoms with Crippen molar-refractivity contribution in [3.8, 4) is 5.75 Å². The van der Waals surface area contributed by atoms with Crippen LogP contribution in [-0.2, 0) is 0 Å². The summed E-state index contributed by atoms with van der Waals surface area (Å²) in [5, 5.41) is 0. The molecule has 0 bridgehead atoms. The molecule has 1 fully saturated rings. The topological polar surface area (TPSA) is 41.7 Å². The third kappa shape index (κ3) is 3.14. The van der Waals surface area contributed by atoms with Gasteiger partial charge in [-0.1, -0.05) is 0 Å². The van der Waals surface area contributed by atoms with Crippen LogP contribution >= 0.6 is 15.9 Å². The van der Waals surface area contributed by atoms with Crippen LogP contribution in [0.3, 0.4) is 0 Å². The molecule has 2 aromatic rings. The molecule has 2 aromatic carbocycles. The number of ether oxygens (including phenoxy) is 1. The van der Waals surface area contributed by atoms with E-state index in [0.29, 0.717) is 0 Å². The van der Waals surface area contributed by atoms with Gasteiger partial charge in [-0.15, -0.1) is 0 Å². The van der Waals surface area contributed by atoms with Crippen LogP contribution < -0.4 is 20.3 Å². The molecule has 1 aliphatic rings. The van der Waals surface area contributed by atoms with Crippen molar-refractivity contribution in [2.24, 2.45) is 0 Å². The lowest BCUT2D eigenvalue weighted by Gasteiger charge is -2.37. The van der Waals surface area contributed by atoms with Gasteiger partial charge in [0.05, 0.1) is 12.8 Å². The molecule has 2 N–H and O–H groups in total. The third-order valence-electron chi connectivity index (χ3n) is 4.03. The fourth-order valence-electron chi connectivity index (χ4n) is 2.78. The summed E-state index contributed by atoms with van der Waals surface area (Å²) in [7, 11) is 1.69. The lowest BCUT2D eigenvalue weighted by molar-refractivity contribution is 0.415. The Morgan fingerprint density at radius 3 is 2.18 bits per heavy atom. The van der Waals surface area contributed by atoms with Gasteiger partial charge in [0.15, 0.2) is 0 Å². The highest BCUT2D eigenvalue weighted by molar-refractivity contribution is 9.10. The van der Waals surface area contributed by atoms with Gasteiger partial charge in [-0.25, -0.2) is 0 Å². The van der Waals surface area contributed by atoms with Crippen LogP contribution in [0.1, 0.15) is 0 Å². The molecule has 0 unspecified atom stereocenters. The van der Waals surface area contributed by atoms with E-state index in [4.69, 9.17) is 10.5 Å². The van der Waals surface area contributed by atoms with E-state index in [0.717, 1.165) is 42.1 Å². The number of nitrogens with two attached hydrogens (primary N) is 1. The van der Waals surface area contributed by atoms with Crippen molar-refractivity contribution in [3.63, 3.8) is 0 Å². The average Bonchev–Trinajstić information content (AvgIpc) is 2.55. The number of methoxy groups -OCH3 is 1. The minimum absolute atomic E-state index is 0.785. The second kappa shape index (κ2) is 6.48. The number of benzene rings is 2. The van der Waals surface area contributed by atoms with Crippen molar-refractivity contribution in [2.75, 3.05) is 48.8 Å². The Hall–Kier alpha value is -1.88. The van der Waals surface area contributed by atoms with Gasteiger partial charge >= 0.3 is 0 Å². The third-order valence-corrected chi connectivity index (χ3v) is 4.66. The SMILES string of the molecule is COc1ccc(N2CCN(c3ccc(N)cc3Br)CC2)cc1. The molecule has 0 saturated carbocycles. The predicted octanol–water partition coefficient (Wildman–Crippen LogP) is 3.37. The van der Waals surface area contributed by atoms with E-state index >= 15 is 0 Å². The highest BCUT2D eigenvalue weighted by Gasteiger charge is 2.19. The van der Waals surface area contributed by atoms with Gasteiger partial charge in [-0.05, 0) is 58.4 Å². The van der Waals surface area contributed by atoms with Crippen molar-refractivity contribution in [1.29, 1.82) is 0 Å². The van der Waals surface area contributed by atoms with Crippen LogP contribution in [0.4, 0.5) is 17.1 Å². The van der Waals surface area contributed by atoms with Gasteiger partial charge in [0, 0.05) is 42.0 Å². The Kier molecular flexibility index (Phi) is 4.43. The molecule has 116 valence electrons. The maximum absolute atomic E-state index is 5.81. The molecule has 0 aromatic heterocycles. The zero-order valence-electron chi connectivity index (χ0n) is 12.6. The molecule has 1 saturated heterocycles. The van der Waals surface area contributed by atoms with E-state index in [1.54, 1.807) is 7.11 Å². The quantitative estimate of drug-likeness (QED) is 0.851. The smallest absolute Gasteiger partial charge is 0.119 e. The van der Waals surface area contributed by atoms with Crippen molar-refractivity contribution in [2.45, 2.75) is 0 Å². The first-order valence-electron chi connectivity index (χ1n) is 7.36. The summed E-state index contributed by atoms with van der Waals surface area (Å²) in [6.45, 7) is 4.00. The van der Waals surface area contributed by atoms with Crippen molar-refractivity contribution < 1.29 is 4.74 Å². The largest absolute Gasteiger partial charge is 0.497 e. The Morgan fingerprint density at radius 2 is 1.59 bits per heavy atom. The molecule has 0 atom stereocenters. The van der Waals surface area contributed by atoms with E-state index in [9.17, 15) is 0 Å². The number of nitrogen functional groups attached to an aromatic ring is 1. The number of hydrogen-bond donors (Lipinski definition) is 1. The van der Waals surface area contributed by atoms with Crippen LogP contribution in [0.15, 0.2) is 46.9 Å². The minimum atomic E-state index is 0.785. The molecule has 1 heterocycles. The van der Waals surface area contributed by atoms with Gasteiger partial charge in [-0.2, -0.15) is 0 Å². The molecule has 1 aliphatic heterocycles. The molecule has 5 heteroatoms. The molecule has 0 spiro atoms. The molecule has 0 aliphatic carbocycles. The summed E-state index contributed by atoms with van der Waals surface area (Å²) in [6, 6.07) is 14.3. The molecule has 3 rings (SSSR count). The number of halogens is 1. The van der Waals surface area contributed by atoms with Gasteiger partial charge in [0.25, 0.3) is 0 Å². The highest BCUT2D eigenvalue weighted by atomic mass is 79.9. The zero-order chi connectivity index (χ0) is 15.5. The van der Waals surface area contributed by atoms with Gasteiger partial charge in [0.2, 0.25) is 0 Å². The molecule has 22 heavy (non-hydrogen) atoms. The zero-order valence-corrected chi connectivity index (χ0v) is 14.2. The van der Waals surface area contributed by atoms with Gasteiger partial charge < -0.3 is 20.3 Å². The highest BCUT2D eigenvalue weighted by Crippen LogP contribution is 2.30. The van der Waals surface area contributed by atoms with Crippen LogP contribution in [0, 0.1) is 0 Å². The van der Waals surface area contributed by atoms with Crippen LogP contribution in [0.5, 0.6) is 5.75 Å². The van der Waals surface area contributed by atoms with E-state index in [2.05, 4.69) is 43.9 Å². The average molecular weight is 362 g/mol. The normalized spacial score (nSPS) is 15.0. The molecule has 4 nitrogen and oxygen atoms in total. The first-order chi connectivity index (χ1) is 10.7. The molecule has 0 amide bonds. The summed E-state index contributed by atoms with van der Waals surface area (Å²) < 4.78 is 6.27. The lowest BCUT2D eigenvalue weighted by atomic mass is 10.2. The van der Waals surface area contributed by atoms with E-state index < -0.39 is 0 Å². The summed E-state index contributed by atoms with van der Waals surface area (Å²) in [5.41, 5.74) is 9.06. The van der Waals surface area contributed by atoms with E-state index in [1.165, 1.54) is 11.4 Å². The first kappa shape index (κ1) is 15.0. The van der Waals surface area contributed by atoms with Crippen LogP contribution in [0.2, 0.25) is 0 Å². The number of anilines is 3. The molecule has 0 radical (unpaired) electrons. The maximum Gasteiger partial charge on any atom is 0.119 e. The van der Waals surface area contributed by atoms with Crippen molar-refractivity contribution >= 4 is 33.0 Å². The fourth-order valence-corrected chi connectivity index (χ4v) is 3.43. The standard InChI is InChI=1S/C17H20BrN3O/c1-22-15-5-3-14(4-6-15)20-8-10-21(11-9-20)17-7-2-13(19)12-16(17)18/h2-7,12H,8-11,19H2,1H3. The lowest BCUT2D eigenvalue weighted by Crippen LogP contribution is -2.46.